The average Bonchev–Trinajstić information content (AvgIpc) is 3.57. The van der Waals surface area contributed by atoms with Crippen LogP contribution in [0.1, 0.15) is 127 Å². The minimum atomic E-state index is 0.0627. The summed E-state index contributed by atoms with van der Waals surface area (Å²) >= 11 is 1.82. The monoisotopic (exact) mass is 623 g/mol. The zero-order valence-electron chi connectivity index (χ0n) is 29.1. The summed E-state index contributed by atoms with van der Waals surface area (Å²) in [7, 11) is 0. The van der Waals surface area contributed by atoms with Gasteiger partial charge in [0.05, 0.1) is 9.88 Å². The van der Waals surface area contributed by atoms with Gasteiger partial charge in [0.1, 0.15) is 5.82 Å². The molecule has 4 saturated carbocycles. The van der Waals surface area contributed by atoms with Gasteiger partial charge in [-0.2, -0.15) is 0 Å². The van der Waals surface area contributed by atoms with Gasteiger partial charge in [0.25, 0.3) is 0 Å². The van der Waals surface area contributed by atoms with E-state index < -0.39 is 0 Å². The quantitative estimate of drug-likeness (QED) is 0.234. The minimum absolute atomic E-state index is 0.0627. The van der Waals surface area contributed by atoms with Gasteiger partial charge in [-0.05, 0) is 123 Å². The molecule has 4 aliphatic carbocycles. The van der Waals surface area contributed by atoms with Crippen molar-refractivity contribution in [3.05, 3.63) is 89.4 Å². The molecule has 2 heterocycles. The Morgan fingerprint density at radius 1 is 1.00 bits per heavy atom. The number of allylic oxidation sites excluding steroid dienone is 2. The molecule has 0 aliphatic heterocycles. The first-order valence-electron chi connectivity index (χ1n) is 17.6. The number of anilines is 1. The van der Waals surface area contributed by atoms with E-state index in [0.29, 0.717) is 16.7 Å². The molecule has 0 spiro atoms. The number of nitrogens with zero attached hydrogens (tertiary/aromatic N) is 3. The molecule has 0 saturated heterocycles. The van der Waals surface area contributed by atoms with Crippen LogP contribution in [0.5, 0.6) is 0 Å². The van der Waals surface area contributed by atoms with Crippen molar-refractivity contribution in [1.29, 1.82) is 0 Å². The van der Waals surface area contributed by atoms with Gasteiger partial charge in [0, 0.05) is 30.1 Å². The van der Waals surface area contributed by atoms with Gasteiger partial charge in [0.2, 0.25) is 0 Å². The van der Waals surface area contributed by atoms with Gasteiger partial charge >= 0.3 is 0 Å². The molecule has 2 bridgehead atoms. The number of benzene rings is 1. The lowest BCUT2D eigenvalue weighted by Gasteiger charge is -2.55. The van der Waals surface area contributed by atoms with Crippen LogP contribution in [0.25, 0.3) is 10.4 Å². The standard InChI is InChI=1S/C38H51N3S.C3H6/c1-7-29-13-14-32(23-27(29)2)38-19-16-37(17-20-38,18-21-38)26-41(28(3)30-11-9-8-10-12-30)34-24-31(15-22-39-34)33-25-40-35(42-33)36(4,5)6;1-3-2/h13-15,22-25,30H,3,7-12,16-21,26H2,1-2,4-6H3;3H,1H2,2H3. The molecule has 0 radical (unpaired) electrons. The van der Waals surface area contributed by atoms with Crippen molar-refractivity contribution in [3.8, 4) is 10.4 Å². The topological polar surface area (TPSA) is 29.0 Å². The number of hydrogen-bond donors (Lipinski definition) is 0. The maximum Gasteiger partial charge on any atom is 0.133 e. The SMILES string of the molecule is C=C(C1CCCCC1)N(CC12CCC(c3ccc(CC)c(C)c3)(CC1)CC2)c1cc(-c2cnc(C(C)(C)C)s2)ccn1.C=CC. The first-order valence-corrected chi connectivity index (χ1v) is 18.4. The van der Waals surface area contributed by atoms with Crippen LogP contribution in [0, 0.1) is 18.3 Å². The Bertz CT molecular complexity index is 1440. The second-order valence-corrected chi connectivity index (χ2v) is 16.3. The van der Waals surface area contributed by atoms with Crippen LogP contribution in [0.4, 0.5) is 5.82 Å². The fraction of sp³-hybridized carbons (Fsp3) is 0.561. The van der Waals surface area contributed by atoms with Gasteiger partial charge in [-0.15, -0.1) is 17.9 Å². The van der Waals surface area contributed by atoms with E-state index in [1.54, 1.807) is 11.6 Å². The molecule has 3 nitrogen and oxygen atoms in total. The Balaban J connectivity index is 0.00000128. The number of aryl methyl sites for hydroxylation is 2. The third-order valence-electron chi connectivity index (χ3n) is 11.1. The van der Waals surface area contributed by atoms with Gasteiger partial charge in [0.15, 0.2) is 0 Å². The molecule has 4 fully saturated rings. The Morgan fingerprint density at radius 3 is 2.24 bits per heavy atom. The van der Waals surface area contributed by atoms with Crippen molar-refractivity contribution < 1.29 is 0 Å². The zero-order chi connectivity index (χ0) is 32.2. The summed E-state index contributed by atoms with van der Waals surface area (Å²) in [5.41, 5.74) is 7.89. The van der Waals surface area contributed by atoms with Gasteiger partial charge in [-0.3, -0.25) is 0 Å². The van der Waals surface area contributed by atoms with Gasteiger partial charge < -0.3 is 4.90 Å². The van der Waals surface area contributed by atoms with E-state index in [9.17, 15) is 0 Å². The summed E-state index contributed by atoms with van der Waals surface area (Å²) in [6.07, 6.45) is 21.3. The highest BCUT2D eigenvalue weighted by Gasteiger charge is 2.50. The smallest absolute Gasteiger partial charge is 0.133 e. The fourth-order valence-electron chi connectivity index (χ4n) is 8.15. The summed E-state index contributed by atoms with van der Waals surface area (Å²) in [6, 6.07) is 11.9. The first-order chi connectivity index (χ1) is 21.5. The van der Waals surface area contributed by atoms with Crippen molar-refractivity contribution >= 4 is 17.2 Å². The van der Waals surface area contributed by atoms with Crippen molar-refractivity contribution in [2.45, 2.75) is 129 Å². The summed E-state index contributed by atoms with van der Waals surface area (Å²) in [5.74, 6) is 1.65. The molecule has 1 aromatic carbocycles. The second kappa shape index (κ2) is 14.0. The van der Waals surface area contributed by atoms with Crippen LogP contribution < -0.4 is 4.90 Å². The fourth-order valence-corrected chi connectivity index (χ4v) is 9.12. The van der Waals surface area contributed by atoms with Crippen molar-refractivity contribution in [1.82, 2.24) is 9.97 Å². The molecule has 7 rings (SSSR count). The molecule has 2 aromatic heterocycles. The lowest BCUT2D eigenvalue weighted by Crippen LogP contribution is -2.49. The molecule has 0 atom stereocenters. The number of thiazole rings is 1. The van der Waals surface area contributed by atoms with Crippen molar-refractivity contribution in [2.24, 2.45) is 11.3 Å². The van der Waals surface area contributed by atoms with Gasteiger partial charge in [-0.25, -0.2) is 9.97 Å². The molecular formula is C41H57N3S. The number of fused-ring (bicyclic) bond motifs is 3. The molecule has 45 heavy (non-hydrogen) atoms. The molecule has 4 aliphatic rings. The molecule has 242 valence electrons. The summed E-state index contributed by atoms with van der Waals surface area (Å²) in [6.45, 7) is 22.4. The van der Waals surface area contributed by atoms with E-state index in [0.717, 1.165) is 18.8 Å². The highest BCUT2D eigenvalue weighted by molar-refractivity contribution is 7.15. The number of hydrogen-bond acceptors (Lipinski definition) is 4. The largest absolute Gasteiger partial charge is 0.330 e. The Kier molecular flexibility index (Phi) is 10.4. The third kappa shape index (κ3) is 7.32. The molecule has 0 amide bonds. The maximum absolute atomic E-state index is 5.02. The summed E-state index contributed by atoms with van der Waals surface area (Å²) < 4.78 is 0. The Morgan fingerprint density at radius 2 is 1.67 bits per heavy atom. The van der Waals surface area contributed by atoms with Crippen LogP contribution in [0.3, 0.4) is 0 Å². The lowest BCUT2D eigenvalue weighted by atomic mass is 9.51. The molecule has 3 aromatic rings. The average molecular weight is 624 g/mol. The van der Waals surface area contributed by atoms with Gasteiger partial charge in [-0.1, -0.05) is 77.8 Å². The van der Waals surface area contributed by atoms with Crippen LogP contribution >= 0.6 is 11.3 Å². The van der Waals surface area contributed by atoms with Crippen LogP contribution in [0.15, 0.2) is 67.7 Å². The van der Waals surface area contributed by atoms with E-state index >= 15 is 0 Å². The van der Waals surface area contributed by atoms with E-state index in [-0.39, 0.29) is 5.41 Å². The van der Waals surface area contributed by atoms with Crippen LogP contribution in [-0.4, -0.2) is 16.5 Å². The molecular weight excluding hydrogens is 567 g/mol. The normalized spacial score (nSPS) is 23.2. The number of pyridine rings is 1. The highest BCUT2D eigenvalue weighted by Crippen LogP contribution is 2.58. The summed E-state index contributed by atoms with van der Waals surface area (Å²) in [5, 5.41) is 1.19. The van der Waals surface area contributed by atoms with E-state index in [4.69, 9.17) is 16.5 Å². The Hall–Kier alpha value is -2.72. The summed E-state index contributed by atoms with van der Waals surface area (Å²) in [4.78, 5) is 13.6. The number of rotatable bonds is 8. The molecule has 0 unspecified atom stereocenters. The third-order valence-corrected chi connectivity index (χ3v) is 12.6. The van der Waals surface area contributed by atoms with Crippen LogP contribution in [-0.2, 0) is 17.3 Å². The highest BCUT2D eigenvalue weighted by atomic mass is 32.1. The first kappa shape index (κ1) is 33.6. The number of aromatic nitrogens is 2. The van der Waals surface area contributed by atoms with E-state index in [1.165, 1.54) is 103 Å². The molecule has 0 N–H and O–H groups in total. The second-order valence-electron chi connectivity index (χ2n) is 15.3. The van der Waals surface area contributed by atoms with Crippen LogP contribution in [0.2, 0.25) is 0 Å². The predicted molar refractivity (Wildman–Crippen MR) is 195 cm³/mol. The predicted octanol–water partition coefficient (Wildman–Crippen LogP) is 11.8. The van der Waals surface area contributed by atoms with Crippen molar-refractivity contribution in [3.63, 3.8) is 0 Å². The van der Waals surface area contributed by atoms with E-state index in [2.05, 4.69) is 82.6 Å². The lowest BCUT2D eigenvalue weighted by molar-refractivity contribution is 0.0459. The minimum Gasteiger partial charge on any atom is -0.330 e. The zero-order valence-corrected chi connectivity index (χ0v) is 29.9. The maximum atomic E-state index is 5.02. The van der Waals surface area contributed by atoms with Crippen molar-refractivity contribution in [2.75, 3.05) is 11.4 Å². The molecule has 4 heteroatoms. The Labute approximate surface area is 278 Å². The van der Waals surface area contributed by atoms with E-state index in [1.807, 2.05) is 24.5 Å².